The standard InChI is InChI=1S/C23H26N4OS/c1-17-16-29-22(24-17)19-7-9-20(10-8-19)25-23(28)26-21-11-13-27(14-12-21)15-18-5-3-2-4-6-18/h2-10,16,21H,11-15H2,1H3,(H2,25,26,28). The summed E-state index contributed by atoms with van der Waals surface area (Å²) in [5, 5.41) is 9.10. The van der Waals surface area contributed by atoms with Crippen LogP contribution in [-0.4, -0.2) is 35.0 Å². The number of rotatable bonds is 5. The molecule has 0 spiro atoms. The normalized spacial score (nSPS) is 15.2. The third-order valence-electron chi connectivity index (χ3n) is 5.18. The number of benzene rings is 2. The Kier molecular flexibility index (Phi) is 6.22. The minimum atomic E-state index is -0.135. The Balaban J connectivity index is 1.23. The molecule has 0 bridgehead atoms. The van der Waals surface area contributed by atoms with Gasteiger partial charge in [0.25, 0.3) is 0 Å². The second-order valence-electron chi connectivity index (χ2n) is 7.51. The van der Waals surface area contributed by atoms with Crippen molar-refractivity contribution < 1.29 is 4.79 Å². The molecule has 1 aliphatic heterocycles. The topological polar surface area (TPSA) is 57.3 Å². The maximum absolute atomic E-state index is 12.4. The second kappa shape index (κ2) is 9.20. The Labute approximate surface area is 175 Å². The highest BCUT2D eigenvalue weighted by Gasteiger charge is 2.20. The van der Waals surface area contributed by atoms with Crippen molar-refractivity contribution in [2.75, 3.05) is 18.4 Å². The molecular formula is C23H26N4OS. The first kappa shape index (κ1) is 19.6. The quantitative estimate of drug-likeness (QED) is 0.633. The van der Waals surface area contributed by atoms with Crippen molar-refractivity contribution in [3.8, 4) is 10.6 Å². The fourth-order valence-corrected chi connectivity index (χ4v) is 4.42. The minimum Gasteiger partial charge on any atom is -0.335 e. The molecule has 2 N–H and O–H groups in total. The Morgan fingerprint density at radius 1 is 1.10 bits per heavy atom. The molecule has 3 aromatic rings. The molecule has 0 saturated carbocycles. The first-order valence-electron chi connectivity index (χ1n) is 10.0. The number of hydrogen-bond acceptors (Lipinski definition) is 4. The summed E-state index contributed by atoms with van der Waals surface area (Å²) in [5.41, 5.74) is 4.23. The molecule has 0 unspecified atom stereocenters. The first-order valence-corrected chi connectivity index (χ1v) is 10.9. The molecule has 150 valence electrons. The number of aryl methyl sites for hydroxylation is 1. The van der Waals surface area contributed by atoms with Crippen LogP contribution in [0.4, 0.5) is 10.5 Å². The lowest BCUT2D eigenvalue weighted by atomic mass is 10.0. The fraction of sp³-hybridized carbons (Fsp3) is 0.304. The zero-order valence-corrected chi connectivity index (χ0v) is 17.4. The van der Waals surface area contributed by atoms with Crippen molar-refractivity contribution in [2.24, 2.45) is 0 Å². The van der Waals surface area contributed by atoms with Crippen LogP contribution < -0.4 is 10.6 Å². The van der Waals surface area contributed by atoms with Crippen molar-refractivity contribution >= 4 is 23.1 Å². The summed E-state index contributed by atoms with van der Waals surface area (Å²) in [6.07, 6.45) is 1.95. The van der Waals surface area contributed by atoms with Crippen LogP contribution in [0.3, 0.4) is 0 Å². The summed E-state index contributed by atoms with van der Waals surface area (Å²) >= 11 is 1.63. The largest absolute Gasteiger partial charge is 0.335 e. The molecule has 0 radical (unpaired) electrons. The van der Waals surface area contributed by atoms with Crippen LogP contribution in [0.2, 0.25) is 0 Å². The smallest absolute Gasteiger partial charge is 0.319 e. The van der Waals surface area contributed by atoms with E-state index >= 15 is 0 Å². The van der Waals surface area contributed by atoms with Gasteiger partial charge in [-0.25, -0.2) is 9.78 Å². The number of hydrogen-bond donors (Lipinski definition) is 2. The molecule has 4 rings (SSSR count). The molecule has 0 atom stereocenters. The molecule has 1 aliphatic rings. The highest BCUT2D eigenvalue weighted by molar-refractivity contribution is 7.13. The number of piperidine rings is 1. The van der Waals surface area contributed by atoms with E-state index < -0.39 is 0 Å². The Morgan fingerprint density at radius 2 is 1.83 bits per heavy atom. The summed E-state index contributed by atoms with van der Waals surface area (Å²) < 4.78 is 0. The van der Waals surface area contributed by atoms with E-state index in [4.69, 9.17) is 0 Å². The molecular weight excluding hydrogens is 380 g/mol. The van der Waals surface area contributed by atoms with Gasteiger partial charge in [-0.05, 0) is 49.6 Å². The van der Waals surface area contributed by atoms with Crippen LogP contribution in [0.25, 0.3) is 10.6 Å². The van der Waals surface area contributed by atoms with Gasteiger partial charge in [-0.2, -0.15) is 0 Å². The van der Waals surface area contributed by atoms with Crippen molar-refractivity contribution in [1.29, 1.82) is 0 Å². The summed E-state index contributed by atoms with van der Waals surface area (Å²) in [7, 11) is 0. The highest BCUT2D eigenvalue weighted by atomic mass is 32.1. The number of nitrogens with zero attached hydrogens (tertiary/aromatic N) is 2. The number of anilines is 1. The van der Waals surface area contributed by atoms with Gasteiger partial charge < -0.3 is 10.6 Å². The van der Waals surface area contributed by atoms with Crippen LogP contribution in [0.15, 0.2) is 60.0 Å². The van der Waals surface area contributed by atoms with Gasteiger partial charge in [-0.15, -0.1) is 11.3 Å². The first-order chi connectivity index (χ1) is 14.2. The van der Waals surface area contributed by atoms with Crippen LogP contribution in [0.1, 0.15) is 24.1 Å². The average Bonchev–Trinajstić information content (AvgIpc) is 3.17. The highest BCUT2D eigenvalue weighted by Crippen LogP contribution is 2.24. The molecule has 1 aromatic heterocycles. The number of nitrogens with one attached hydrogen (secondary N) is 2. The minimum absolute atomic E-state index is 0.135. The summed E-state index contributed by atoms with van der Waals surface area (Å²) in [6, 6.07) is 18.5. The number of likely N-dealkylation sites (tertiary alicyclic amines) is 1. The number of amides is 2. The van der Waals surface area contributed by atoms with E-state index in [1.54, 1.807) is 11.3 Å². The predicted molar refractivity (Wildman–Crippen MR) is 119 cm³/mol. The third-order valence-corrected chi connectivity index (χ3v) is 6.19. The Morgan fingerprint density at radius 3 is 2.48 bits per heavy atom. The van der Waals surface area contributed by atoms with Crippen molar-refractivity contribution in [3.05, 3.63) is 71.2 Å². The molecule has 5 nitrogen and oxygen atoms in total. The number of aromatic nitrogens is 1. The van der Waals surface area contributed by atoms with Crippen LogP contribution in [0.5, 0.6) is 0 Å². The average molecular weight is 407 g/mol. The Bertz CT molecular complexity index is 931. The zero-order valence-electron chi connectivity index (χ0n) is 16.6. The van der Waals surface area contributed by atoms with Crippen LogP contribution >= 0.6 is 11.3 Å². The zero-order chi connectivity index (χ0) is 20.1. The van der Waals surface area contributed by atoms with Gasteiger partial charge in [0.05, 0.1) is 0 Å². The van der Waals surface area contributed by atoms with E-state index in [1.807, 2.05) is 42.6 Å². The van der Waals surface area contributed by atoms with Gasteiger partial charge in [0.2, 0.25) is 0 Å². The molecule has 1 saturated heterocycles. The molecule has 2 amide bonds. The summed E-state index contributed by atoms with van der Waals surface area (Å²) in [6.45, 7) is 4.97. The van der Waals surface area contributed by atoms with Crippen molar-refractivity contribution in [3.63, 3.8) is 0 Å². The van der Waals surface area contributed by atoms with Crippen LogP contribution in [0, 0.1) is 6.92 Å². The summed E-state index contributed by atoms with van der Waals surface area (Å²) in [4.78, 5) is 19.3. The number of thiazole rings is 1. The van der Waals surface area contributed by atoms with E-state index in [0.29, 0.717) is 0 Å². The lowest BCUT2D eigenvalue weighted by Crippen LogP contribution is -2.45. The van der Waals surface area contributed by atoms with Crippen molar-refractivity contribution in [1.82, 2.24) is 15.2 Å². The maximum Gasteiger partial charge on any atom is 0.319 e. The maximum atomic E-state index is 12.4. The number of carbonyl (C=O) groups excluding carboxylic acids is 1. The van der Waals surface area contributed by atoms with E-state index in [2.05, 4.69) is 44.8 Å². The van der Waals surface area contributed by atoms with Gasteiger partial charge in [0.1, 0.15) is 5.01 Å². The third kappa shape index (κ3) is 5.43. The van der Waals surface area contributed by atoms with E-state index in [-0.39, 0.29) is 12.1 Å². The Hall–Kier alpha value is -2.70. The second-order valence-corrected chi connectivity index (χ2v) is 8.36. The predicted octanol–water partition coefficient (Wildman–Crippen LogP) is 4.90. The van der Waals surface area contributed by atoms with Gasteiger partial charge in [-0.3, -0.25) is 4.90 Å². The van der Waals surface area contributed by atoms with Gasteiger partial charge in [-0.1, -0.05) is 30.3 Å². The monoisotopic (exact) mass is 406 g/mol. The van der Waals surface area contributed by atoms with E-state index in [1.165, 1.54) is 5.56 Å². The molecule has 29 heavy (non-hydrogen) atoms. The van der Waals surface area contributed by atoms with E-state index in [9.17, 15) is 4.79 Å². The van der Waals surface area contributed by atoms with Gasteiger partial charge in [0, 0.05) is 48.0 Å². The SMILES string of the molecule is Cc1csc(-c2ccc(NC(=O)NC3CCN(Cc4ccccc4)CC3)cc2)n1. The molecule has 0 aliphatic carbocycles. The summed E-state index contributed by atoms with van der Waals surface area (Å²) in [5.74, 6) is 0. The molecule has 1 fully saturated rings. The fourth-order valence-electron chi connectivity index (χ4n) is 3.61. The number of urea groups is 1. The lowest BCUT2D eigenvalue weighted by molar-refractivity contribution is 0.190. The number of carbonyl (C=O) groups is 1. The van der Waals surface area contributed by atoms with Gasteiger partial charge >= 0.3 is 6.03 Å². The molecule has 2 aromatic carbocycles. The van der Waals surface area contributed by atoms with E-state index in [0.717, 1.165) is 54.4 Å². The lowest BCUT2D eigenvalue weighted by Gasteiger charge is -2.32. The van der Waals surface area contributed by atoms with Crippen molar-refractivity contribution in [2.45, 2.75) is 32.4 Å². The molecule has 6 heteroatoms. The van der Waals surface area contributed by atoms with Gasteiger partial charge in [0.15, 0.2) is 0 Å². The molecule has 2 heterocycles. The van der Waals surface area contributed by atoms with Crippen LogP contribution in [-0.2, 0) is 6.54 Å².